The first kappa shape index (κ1) is 30.3. The van der Waals surface area contributed by atoms with Crippen LogP contribution < -0.4 is 0 Å². The van der Waals surface area contributed by atoms with E-state index >= 15 is 4.39 Å². The number of imidazole rings is 1. The molecule has 0 aliphatic heterocycles. The smallest absolute Gasteiger partial charge is 0.189 e. The third-order valence-corrected chi connectivity index (χ3v) is 8.32. The summed E-state index contributed by atoms with van der Waals surface area (Å²) < 4.78 is 49.3. The molecule has 0 aliphatic carbocycles. The predicted molar refractivity (Wildman–Crippen MR) is 152 cm³/mol. The Labute approximate surface area is 243 Å². The number of benzene rings is 3. The van der Waals surface area contributed by atoms with Gasteiger partial charge in [-0.05, 0) is 75.2 Å². The second-order valence-corrected chi connectivity index (χ2v) is 12.3. The van der Waals surface area contributed by atoms with Crippen LogP contribution in [0.2, 0.25) is 10.0 Å². The molecule has 2 N–H and O–H groups in total. The number of rotatable bonds is 8. The first-order valence-corrected chi connectivity index (χ1v) is 14.0. The van der Waals surface area contributed by atoms with Gasteiger partial charge in [-0.25, -0.2) is 18.0 Å². The van der Waals surface area contributed by atoms with Gasteiger partial charge in [-0.1, -0.05) is 35.3 Å². The third-order valence-electron chi connectivity index (χ3n) is 6.66. The van der Waals surface area contributed by atoms with Crippen LogP contribution in [0.4, 0.5) is 8.78 Å². The molecular formula is C29H28Cl2F2N2O4S. The summed E-state index contributed by atoms with van der Waals surface area (Å²) in [4.78, 5) is 4.64. The second-order valence-electron chi connectivity index (χ2n) is 10.3. The minimum Gasteiger partial charge on any atom is -0.392 e. The van der Waals surface area contributed by atoms with Crippen molar-refractivity contribution in [3.8, 4) is 16.8 Å². The molecule has 212 valence electrons. The van der Waals surface area contributed by atoms with Gasteiger partial charge >= 0.3 is 0 Å². The first-order valence-electron chi connectivity index (χ1n) is 12.2. The molecule has 4 rings (SSSR count). The zero-order chi connectivity index (χ0) is 29.6. The predicted octanol–water partition coefficient (Wildman–Crippen LogP) is 6.84. The summed E-state index contributed by atoms with van der Waals surface area (Å²) in [7, 11) is 1.19. The second kappa shape index (κ2) is 11.3. The maximum atomic E-state index is 15.8. The Morgan fingerprint density at radius 2 is 1.62 bits per heavy atom. The van der Waals surface area contributed by atoms with Crippen LogP contribution in [0.25, 0.3) is 16.8 Å². The van der Waals surface area contributed by atoms with Crippen molar-refractivity contribution in [1.82, 2.24) is 9.55 Å². The molecule has 1 aromatic heterocycles. The molecule has 1 heterocycles. The maximum absolute atomic E-state index is 15.8. The van der Waals surface area contributed by atoms with Crippen LogP contribution in [-0.2, 0) is 32.9 Å². The van der Waals surface area contributed by atoms with E-state index in [9.17, 15) is 18.8 Å². The number of hydrogen-bond acceptors (Lipinski definition) is 5. The van der Waals surface area contributed by atoms with Crippen molar-refractivity contribution in [3.63, 3.8) is 0 Å². The number of aromatic nitrogens is 2. The lowest BCUT2D eigenvalue weighted by atomic mass is 9.83. The molecule has 0 saturated carbocycles. The van der Waals surface area contributed by atoms with Gasteiger partial charge in [0.2, 0.25) is 0 Å². The van der Waals surface area contributed by atoms with E-state index in [1.807, 2.05) is 13.8 Å². The summed E-state index contributed by atoms with van der Waals surface area (Å²) in [5, 5.41) is 21.1. The molecule has 0 spiro atoms. The largest absolute Gasteiger partial charge is 0.392 e. The standard InChI is InChI=1S/C29H28Cl2F2N2O4S/c1-28(2,26-19(30)7-6-8-20(26)31)27-34-25(29(3,4)37)14-35(27)23-10-9-16(11-22(23)33)17-12-21(32)18(15-36)24(13-17)40(38)39-5/h6-14,36-37H,15H2,1-5H3. The summed E-state index contributed by atoms with van der Waals surface area (Å²) in [6.45, 7) is 6.17. The van der Waals surface area contributed by atoms with E-state index in [0.717, 1.165) is 6.07 Å². The topological polar surface area (TPSA) is 84.6 Å². The number of aliphatic hydroxyl groups excluding tert-OH is 1. The minimum absolute atomic E-state index is 0.0467. The molecule has 4 aromatic rings. The Bertz CT molecular complexity index is 1600. The number of aliphatic hydroxyl groups is 2. The van der Waals surface area contributed by atoms with Crippen LogP contribution in [0.1, 0.15) is 50.3 Å². The Kier molecular flexibility index (Phi) is 8.57. The zero-order valence-electron chi connectivity index (χ0n) is 22.4. The molecular weight excluding hydrogens is 581 g/mol. The Balaban J connectivity index is 1.90. The van der Waals surface area contributed by atoms with Crippen LogP contribution in [-0.4, -0.2) is 31.1 Å². The molecule has 0 fully saturated rings. The van der Waals surface area contributed by atoms with Gasteiger partial charge in [0.15, 0.2) is 11.1 Å². The lowest BCUT2D eigenvalue weighted by Gasteiger charge is -2.28. The maximum Gasteiger partial charge on any atom is 0.189 e. The normalized spacial score (nSPS) is 13.1. The van der Waals surface area contributed by atoms with E-state index in [2.05, 4.69) is 4.98 Å². The van der Waals surface area contributed by atoms with Crippen molar-refractivity contribution in [2.75, 3.05) is 7.11 Å². The van der Waals surface area contributed by atoms with Gasteiger partial charge in [-0.15, -0.1) is 0 Å². The summed E-state index contributed by atoms with van der Waals surface area (Å²) in [6, 6.07) is 11.9. The molecule has 1 unspecified atom stereocenters. The van der Waals surface area contributed by atoms with Gasteiger partial charge < -0.3 is 10.2 Å². The highest BCUT2D eigenvalue weighted by Crippen LogP contribution is 2.42. The van der Waals surface area contributed by atoms with Crippen LogP contribution >= 0.6 is 23.2 Å². The van der Waals surface area contributed by atoms with Gasteiger partial charge in [-0.2, -0.15) is 0 Å². The quantitative estimate of drug-likeness (QED) is 0.229. The highest BCUT2D eigenvalue weighted by Gasteiger charge is 2.35. The third kappa shape index (κ3) is 5.59. The number of nitrogens with zero attached hydrogens (tertiary/aromatic N) is 2. The molecule has 0 saturated heterocycles. The van der Waals surface area contributed by atoms with Crippen LogP contribution in [0.5, 0.6) is 0 Å². The molecule has 1 atom stereocenters. The SMILES string of the molecule is COS(=O)c1cc(-c2ccc(-n3cc(C(C)(C)O)nc3C(C)(C)c3c(Cl)cccc3Cl)c(F)c2)cc(F)c1CO. The zero-order valence-corrected chi connectivity index (χ0v) is 24.8. The van der Waals surface area contributed by atoms with Gasteiger partial charge in [0.1, 0.15) is 23.1 Å². The summed E-state index contributed by atoms with van der Waals surface area (Å²) >= 11 is 11.0. The highest BCUT2D eigenvalue weighted by molar-refractivity contribution is 7.80. The van der Waals surface area contributed by atoms with Crippen LogP contribution in [0.3, 0.4) is 0 Å². The molecule has 0 amide bonds. The average molecular weight is 610 g/mol. The van der Waals surface area contributed by atoms with Crippen molar-refractivity contribution < 1.29 is 27.4 Å². The van der Waals surface area contributed by atoms with E-state index in [1.54, 1.807) is 44.3 Å². The highest BCUT2D eigenvalue weighted by atomic mass is 35.5. The van der Waals surface area contributed by atoms with Gasteiger partial charge in [-0.3, -0.25) is 8.75 Å². The fourth-order valence-corrected chi connectivity index (χ4v) is 6.19. The Morgan fingerprint density at radius 3 is 2.17 bits per heavy atom. The fraction of sp³-hybridized carbons (Fsp3) is 0.276. The van der Waals surface area contributed by atoms with Crippen LogP contribution in [0, 0.1) is 11.6 Å². The van der Waals surface area contributed by atoms with E-state index in [-0.39, 0.29) is 21.7 Å². The van der Waals surface area contributed by atoms with E-state index < -0.39 is 40.3 Å². The van der Waals surface area contributed by atoms with Crippen molar-refractivity contribution >= 4 is 34.3 Å². The summed E-state index contributed by atoms with van der Waals surface area (Å²) in [5.41, 5.74) is -0.876. The van der Waals surface area contributed by atoms with Crippen molar-refractivity contribution in [2.24, 2.45) is 0 Å². The minimum atomic E-state index is -2.03. The molecule has 0 bridgehead atoms. The molecule has 0 aliphatic rings. The van der Waals surface area contributed by atoms with Crippen molar-refractivity contribution in [1.29, 1.82) is 0 Å². The van der Waals surface area contributed by atoms with E-state index in [0.29, 0.717) is 32.7 Å². The first-order chi connectivity index (χ1) is 18.7. The van der Waals surface area contributed by atoms with Crippen molar-refractivity contribution in [2.45, 2.75) is 50.2 Å². The summed E-state index contributed by atoms with van der Waals surface area (Å²) in [5.74, 6) is -1.09. The Morgan fingerprint density at radius 1 is 1.00 bits per heavy atom. The summed E-state index contributed by atoms with van der Waals surface area (Å²) in [6.07, 6.45) is 1.55. The van der Waals surface area contributed by atoms with Gasteiger partial charge in [0.25, 0.3) is 0 Å². The van der Waals surface area contributed by atoms with Gasteiger partial charge in [0.05, 0.1) is 35.4 Å². The molecule has 6 nitrogen and oxygen atoms in total. The number of halogens is 4. The van der Waals surface area contributed by atoms with Gasteiger partial charge in [0, 0.05) is 27.4 Å². The lowest BCUT2D eigenvalue weighted by molar-refractivity contribution is 0.0740. The fourth-order valence-electron chi connectivity index (χ4n) is 4.56. The molecule has 0 radical (unpaired) electrons. The Hall–Kier alpha value is -2.66. The van der Waals surface area contributed by atoms with E-state index in [4.69, 9.17) is 27.4 Å². The molecule has 11 heteroatoms. The number of hydrogen-bond donors (Lipinski definition) is 2. The lowest BCUT2D eigenvalue weighted by Crippen LogP contribution is -2.25. The van der Waals surface area contributed by atoms with E-state index in [1.165, 1.54) is 29.9 Å². The average Bonchev–Trinajstić information content (AvgIpc) is 3.34. The van der Waals surface area contributed by atoms with Crippen molar-refractivity contribution in [3.05, 3.63) is 99.1 Å². The molecule has 3 aromatic carbocycles. The van der Waals surface area contributed by atoms with Crippen LogP contribution in [0.15, 0.2) is 59.6 Å². The monoisotopic (exact) mass is 608 g/mol. The molecule has 40 heavy (non-hydrogen) atoms.